The summed E-state index contributed by atoms with van der Waals surface area (Å²) in [5.74, 6) is 0.650. The van der Waals surface area contributed by atoms with Crippen molar-refractivity contribution in [3.63, 3.8) is 0 Å². The topological polar surface area (TPSA) is 35.9 Å². The van der Waals surface area contributed by atoms with Crippen molar-refractivity contribution >= 4 is 34.3 Å². The fourth-order valence-electron chi connectivity index (χ4n) is 6.24. The number of thiophene rings is 2. The number of likely N-dealkylation sites (tertiary alicyclic amines) is 2. The summed E-state index contributed by atoms with van der Waals surface area (Å²) in [7, 11) is 0. The van der Waals surface area contributed by atoms with Crippen LogP contribution in [0, 0.1) is 0 Å². The molecule has 0 aliphatic carbocycles. The molecular weight excluding hydrogens is 664 g/mol. The van der Waals surface area contributed by atoms with Crippen molar-refractivity contribution in [2.75, 3.05) is 26.2 Å². The van der Waals surface area contributed by atoms with Gasteiger partial charge in [0.2, 0.25) is 0 Å². The zero-order chi connectivity index (χ0) is 33.7. The third-order valence-electron chi connectivity index (χ3n) is 8.71. The van der Waals surface area contributed by atoms with Gasteiger partial charge in [-0.2, -0.15) is 0 Å². The predicted molar refractivity (Wildman–Crippen MR) is 205 cm³/mol. The molecule has 2 aromatic heterocycles. The zero-order valence-corrected chi connectivity index (χ0v) is 29.9. The Hall–Kier alpha value is -3.59. The first-order valence-corrected chi connectivity index (χ1v) is 19.1. The molecule has 0 atom stereocenters. The van der Waals surface area contributed by atoms with Crippen LogP contribution >= 0.6 is 34.3 Å². The van der Waals surface area contributed by atoms with E-state index in [0.29, 0.717) is 18.0 Å². The molecule has 0 bridgehead atoms. The van der Waals surface area contributed by atoms with Crippen molar-refractivity contribution in [3.05, 3.63) is 188 Å². The summed E-state index contributed by atoms with van der Waals surface area (Å²) in [6, 6.07) is 51.3. The highest BCUT2D eigenvalue weighted by atomic mass is 35.5. The molecule has 4 aromatic carbocycles. The van der Waals surface area contributed by atoms with Gasteiger partial charge < -0.3 is 9.84 Å². The first-order chi connectivity index (χ1) is 24.2. The summed E-state index contributed by atoms with van der Waals surface area (Å²) in [5.41, 5.74) is 5.27. The second kappa shape index (κ2) is 18.4. The zero-order valence-electron chi connectivity index (χ0n) is 27.5. The van der Waals surface area contributed by atoms with E-state index < -0.39 is 0 Å². The molecule has 6 aromatic rings. The molecule has 2 aliphatic rings. The van der Waals surface area contributed by atoms with Gasteiger partial charge in [0, 0.05) is 35.9 Å². The standard InChI is InChI=1S/C21H21NOS.C16H17NO.C5H5ClS/c1-3-8-17(9-4-1)21(18-10-5-2-6-11-18)22-14-19(15-22)23-16-20-12-7-13-24-20;18-15-11-17(12-15)16(13-7-3-1-4-8-13)14-9-5-2-6-10-14;6-4-5-2-1-3-7-5/h1-13,19,21H,14-16H2;1-10,15-16,18H,11-12H2;1-3H,4H2. The smallest absolute Gasteiger partial charge is 0.0834 e. The molecule has 2 saturated heterocycles. The monoisotopic (exact) mass is 706 g/mol. The number of hydrogen-bond donors (Lipinski definition) is 1. The maximum Gasteiger partial charge on any atom is 0.0834 e. The molecule has 0 unspecified atom stereocenters. The van der Waals surface area contributed by atoms with Crippen LogP contribution in [0.15, 0.2) is 156 Å². The van der Waals surface area contributed by atoms with Crippen molar-refractivity contribution in [2.45, 2.75) is 36.8 Å². The number of nitrogens with zero attached hydrogens (tertiary/aromatic N) is 2. The van der Waals surface area contributed by atoms with Crippen molar-refractivity contribution in [1.29, 1.82) is 0 Å². The number of alkyl halides is 1. The van der Waals surface area contributed by atoms with Crippen molar-refractivity contribution < 1.29 is 9.84 Å². The number of aliphatic hydroxyl groups excluding tert-OH is 1. The second-order valence-corrected chi connectivity index (χ2v) is 14.6. The number of halogens is 1. The van der Waals surface area contributed by atoms with Gasteiger partial charge in [-0.3, -0.25) is 9.80 Å². The number of benzene rings is 4. The summed E-state index contributed by atoms with van der Waals surface area (Å²) >= 11 is 8.93. The second-order valence-electron chi connectivity index (χ2n) is 12.2. The van der Waals surface area contributed by atoms with Gasteiger partial charge in [0.05, 0.1) is 36.8 Å². The Balaban J connectivity index is 0.000000146. The van der Waals surface area contributed by atoms with E-state index in [9.17, 15) is 5.11 Å². The van der Waals surface area contributed by atoms with Crippen LogP contribution in [0.4, 0.5) is 0 Å². The van der Waals surface area contributed by atoms with Gasteiger partial charge in [0.15, 0.2) is 0 Å². The Bertz CT molecular complexity index is 1650. The average Bonchev–Trinajstić information content (AvgIpc) is 3.86. The number of hydrogen-bond acceptors (Lipinski definition) is 6. The first-order valence-electron chi connectivity index (χ1n) is 16.8. The average molecular weight is 707 g/mol. The maximum atomic E-state index is 9.52. The highest BCUT2D eigenvalue weighted by molar-refractivity contribution is 7.10. The van der Waals surface area contributed by atoms with E-state index in [2.05, 4.69) is 137 Å². The molecule has 1 N–H and O–H groups in total. The highest BCUT2D eigenvalue weighted by Gasteiger charge is 2.35. The van der Waals surface area contributed by atoms with E-state index in [1.807, 2.05) is 29.6 Å². The minimum Gasteiger partial charge on any atom is -0.390 e. The Morgan fingerprint density at radius 1 is 0.551 bits per heavy atom. The summed E-state index contributed by atoms with van der Waals surface area (Å²) in [5, 5.41) is 13.6. The molecule has 7 heteroatoms. The fraction of sp³-hybridized carbons (Fsp3) is 0.238. The Labute approximate surface area is 303 Å². The largest absolute Gasteiger partial charge is 0.390 e. The van der Waals surface area contributed by atoms with Gasteiger partial charge >= 0.3 is 0 Å². The molecule has 2 aliphatic heterocycles. The quantitative estimate of drug-likeness (QED) is 0.144. The molecule has 0 amide bonds. The van der Waals surface area contributed by atoms with Crippen LogP contribution in [-0.4, -0.2) is 53.3 Å². The van der Waals surface area contributed by atoms with Crippen LogP contribution < -0.4 is 0 Å². The predicted octanol–water partition coefficient (Wildman–Crippen LogP) is 9.68. The van der Waals surface area contributed by atoms with Gasteiger partial charge in [-0.15, -0.1) is 34.3 Å². The van der Waals surface area contributed by atoms with Crippen LogP contribution in [0.1, 0.15) is 44.1 Å². The lowest BCUT2D eigenvalue weighted by molar-refractivity contribution is -0.0733. The summed E-state index contributed by atoms with van der Waals surface area (Å²) < 4.78 is 6.04. The van der Waals surface area contributed by atoms with Gasteiger partial charge in [0.1, 0.15) is 0 Å². The molecule has 252 valence electrons. The van der Waals surface area contributed by atoms with Crippen molar-refractivity contribution in [1.82, 2.24) is 9.80 Å². The van der Waals surface area contributed by atoms with E-state index in [1.54, 1.807) is 22.7 Å². The van der Waals surface area contributed by atoms with Gasteiger partial charge in [-0.1, -0.05) is 133 Å². The van der Waals surface area contributed by atoms with E-state index in [0.717, 1.165) is 32.8 Å². The summed E-state index contributed by atoms with van der Waals surface area (Å²) in [4.78, 5) is 7.36. The van der Waals surface area contributed by atoms with Crippen molar-refractivity contribution in [3.8, 4) is 0 Å². The lowest BCUT2D eigenvalue weighted by Gasteiger charge is -2.44. The fourth-order valence-corrected chi connectivity index (χ4v) is 7.69. The van der Waals surface area contributed by atoms with E-state index in [-0.39, 0.29) is 12.1 Å². The first kappa shape index (κ1) is 35.2. The third-order valence-corrected chi connectivity index (χ3v) is 10.9. The molecule has 4 heterocycles. The third kappa shape index (κ3) is 9.99. The highest BCUT2D eigenvalue weighted by Crippen LogP contribution is 2.34. The molecule has 0 spiro atoms. The SMILES string of the molecule is ClCc1cccs1.OC1CN(C(c2ccccc2)c2ccccc2)C1.c1ccc(C(c2ccccc2)N2CC(OCc3cccs3)C2)cc1. The summed E-state index contributed by atoms with van der Waals surface area (Å²) in [6.45, 7) is 4.22. The van der Waals surface area contributed by atoms with Crippen LogP contribution in [0.3, 0.4) is 0 Å². The van der Waals surface area contributed by atoms with E-state index in [4.69, 9.17) is 16.3 Å². The number of aliphatic hydroxyl groups is 1. The molecular formula is C42H43ClN2O2S2. The van der Waals surface area contributed by atoms with Crippen LogP contribution in [0.2, 0.25) is 0 Å². The molecule has 49 heavy (non-hydrogen) atoms. The number of β-amino-alcohol motifs (C(OH)–C–C–N with tert-alkyl or cyclic N) is 1. The Morgan fingerprint density at radius 2 is 0.939 bits per heavy atom. The van der Waals surface area contributed by atoms with Crippen LogP contribution in [0.25, 0.3) is 0 Å². The minimum absolute atomic E-state index is 0.167. The molecule has 8 rings (SSSR count). The van der Waals surface area contributed by atoms with E-state index in [1.165, 1.54) is 32.0 Å². The molecule has 2 fully saturated rings. The van der Waals surface area contributed by atoms with E-state index >= 15 is 0 Å². The number of rotatable bonds is 10. The molecule has 4 nitrogen and oxygen atoms in total. The Kier molecular flexibility index (Phi) is 13.2. The Morgan fingerprint density at radius 3 is 1.27 bits per heavy atom. The lowest BCUT2D eigenvalue weighted by Crippen LogP contribution is -2.53. The van der Waals surface area contributed by atoms with Crippen molar-refractivity contribution in [2.24, 2.45) is 0 Å². The normalized spacial score (nSPS) is 15.1. The van der Waals surface area contributed by atoms with Gasteiger partial charge in [-0.05, 0) is 45.1 Å². The molecule has 0 radical (unpaired) electrons. The van der Waals surface area contributed by atoms with Crippen LogP contribution in [0.5, 0.6) is 0 Å². The molecule has 0 saturated carbocycles. The van der Waals surface area contributed by atoms with Crippen LogP contribution in [-0.2, 0) is 17.2 Å². The number of ether oxygens (including phenoxy) is 1. The maximum absolute atomic E-state index is 9.52. The minimum atomic E-state index is -0.167. The van der Waals surface area contributed by atoms with Gasteiger partial charge in [-0.25, -0.2) is 0 Å². The van der Waals surface area contributed by atoms with Gasteiger partial charge in [0.25, 0.3) is 0 Å². The lowest BCUT2D eigenvalue weighted by atomic mass is 9.94. The summed E-state index contributed by atoms with van der Waals surface area (Å²) in [6.07, 6.45) is 0.168.